The molecule has 0 atom stereocenters. The zero-order chi connectivity index (χ0) is 26.4. The molecule has 1 fully saturated rings. The van der Waals surface area contributed by atoms with E-state index in [-0.39, 0.29) is 46.5 Å². The van der Waals surface area contributed by atoms with E-state index in [1.807, 2.05) is 38.1 Å². The number of amides is 1. The summed E-state index contributed by atoms with van der Waals surface area (Å²) in [7, 11) is 0. The lowest BCUT2D eigenvalue weighted by atomic mass is 9.95. The van der Waals surface area contributed by atoms with E-state index in [4.69, 9.17) is 10.8 Å². The normalized spacial score (nSPS) is 14.6. The maximum absolute atomic E-state index is 12.2. The van der Waals surface area contributed by atoms with Crippen LogP contribution in [0.2, 0.25) is 0 Å². The highest BCUT2D eigenvalue weighted by Gasteiger charge is 2.25. The van der Waals surface area contributed by atoms with E-state index in [1.165, 1.54) is 11.0 Å². The molecule has 1 aliphatic rings. The van der Waals surface area contributed by atoms with Crippen LogP contribution >= 0.6 is 12.6 Å². The molecule has 1 heterocycles. The number of benzene rings is 2. The number of amidine groups is 2. The van der Waals surface area contributed by atoms with Gasteiger partial charge in [-0.3, -0.25) is 25.4 Å². The molecule has 36 heavy (non-hydrogen) atoms. The van der Waals surface area contributed by atoms with E-state index in [9.17, 15) is 15.0 Å². The van der Waals surface area contributed by atoms with Gasteiger partial charge in [-0.15, -0.1) is 0 Å². The molecule has 0 saturated carbocycles. The van der Waals surface area contributed by atoms with Crippen LogP contribution < -0.4 is 10.2 Å². The monoisotopic (exact) mass is 511 g/mol. The number of aromatic hydroxyl groups is 2. The highest BCUT2D eigenvalue weighted by Crippen LogP contribution is 2.33. The molecule has 2 aromatic carbocycles. The molecule has 0 bridgehead atoms. The van der Waals surface area contributed by atoms with E-state index < -0.39 is 0 Å². The van der Waals surface area contributed by atoms with Crippen LogP contribution in [0.1, 0.15) is 56.2 Å². The van der Waals surface area contributed by atoms with Crippen molar-refractivity contribution in [1.29, 1.82) is 10.8 Å². The van der Waals surface area contributed by atoms with E-state index >= 15 is 0 Å². The first-order valence-electron chi connectivity index (χ1n) is 12.3. The van der Waals surface area contributed by atoms with Gasteiger partial charge < -0.3 is 15.5 Å². The molecule has 5 N–H and O–H groups in total. The van der Waals surface area contributed by atoms with Gasteiger partial charge in [0.2, 0.25) is 5.91 Å². The van der Waals surface area contributed by atoms with Crippen LogP contribution in [0.15, 0.2) is 36.4 Å². The Labute approximate surface area is 218 Å². The molecule has 0 aliphatic carbocycles. The molecular weight excluding hydrogens is 474 g/mol. The molecule has 9 heteroatoms. The number of hydrogen-bond donors (Lipinski definition) is 6. The van der Waals surface area contributed by atoms with Crippen LogP contribution in [-0.4, -0.2) is 58.1 Å². The summed E-state index contributed by atoms with van der Waals surface area (Å²) in [6.45, 7) is 8.54. The van der Waals surface area contributed by atoms with Gasteiger partial charge in [0.1, 0.15) is 23.2 Å². The maximum Gasteiger partial charge on any atom is 0.223 e. The van der Waals surface area contributed by atoms with E-state index in [2.05, 4.69) is 22.8 Å². The summed E-state index contributed by atoms with van der Waals surface area (Å²) >= 11 is 4.14. The smallest absolute Gasteiger partial charge is 0.223 e. The molecule has 194 valence electrons. The lowest BCUT2D eigenvalue weighted by Crippen LogP contribution is -2.40. The summed E-state index contributed by atoms with van der Waals surface area (Å²) in [6.07, 6.45) is 1.67. The number of carbonyl (C=O) groups excluding carboxylic acids is 1. The van der Waals surface area contributed by atoms with E-state index in [1.54, 1.807) is 13.0 Å². The largest absolute Gasteiger partial charge is 0.508 e. The Morgan fingerprint density at radius 2 is 1.78 bits per heavy atom. The summed E-state index contributed by atoms with van der Waals surface area (Å²) in [6, 6.07) is 10.6. The Kier molecular flexibility index (Phi) is 9.39. The van der Waals surface area contributed by atoms with Gasteiger partial charge in [0.05, 0.1) is 5.56 Å². The fourth-order valence-electron chi connectivity index (χ4n) is 4.54. The summed E-state index contributed by atoms with van der Waals surface area (Å²) in [5, 5.41) is 40.6. The molecule has 2 aromatic rings. The highest BCUT2D eigenvalue weighted by atomic mass is 32.1. The molecule has 1 aliphatic heterocycles. The highest BCUT2D eigenvalue weighted by molar-refractivity contribution is 7.80. The predicted molar refractivity (Wildman–Crippen MR) is 148 cm³/mol. The SMILES string of the molecule is CC(=N)N(C(=N)c1cc(C(C)C)c(O)cc1O)c1ccc(CN2CCC(C(=O)NCCS)CC2)cc1. The van der Waals surface area contributed by atoms with Crippen LogP contribution in [-0.2, 0) is 11.3 Å². The summed E-state index contributed by atoms with van der Waals surface area (Å²) in [5.74, 6) is 0.737. The number of nitrogens with one attached hydrogen (secondary N) is 3. The molecule has 8 nitrogen and oxygen atoms in total. The molecule has 1 amide bonds. The Hall–Kier alpha value is -3.04. The number of rotatable bonds is 8. The first kappa shape index (κ1) is 27.5. The van der Waals surface area contributed by atoms with Gasteiger partial charge in [-0.2, -0.15) is 12.6 Å². The number of carbonyl (C=O) groups is 1. The number of thiol groups is 1. The molecule has 0 aromatic heterocycles. The Morgan fingerprint density at radius 3 is 2.33 bits per heavy atom. The third-order valence-electron chi connectivity index (χ3n) is 6.55. The van der Waals surface area contributed by atoms with Crippen molar-refractivity contribution in [3.63, 3.8) is 0 Å². The van der Waals surface area contributed by atoms with Crippen molar-refractivity contribution in [1.82, 2.24) is 10.2 Å². The van der Waals surface area contributed by atoms with Gasteiger partial charge in [0, 0.05) is 36.5 Å². The number of nitrogens with zero attached hydrogens (tertiary/aromatic N) is 2. The zero-order valence-corrected chi connectivity index (χ0v) is 22.1. The first-order valence-corrected chi connectivity index (χ1v) is 13.0. The van der Waals surface area contributed by atoms with Gasteiger partial charge in [-0.05, 0) is 68.1 Å². The number of likely N-dealkylation sites (tertiary alicyclic amines) is 1. The minimum Gasteiger partial charge on any atom is -0.508 e. The summed E-state index contributed by atoms with van der Waals surface area (Å²) in [5.41, 5.74) is 2.65. The van der Waals surface area contributed by atoms with Gasteiger partial charge >= 0.3 is 0 Å². The fourth-order valence-corrected chi connectivity index (χ4v) is 4.65. The van der Waals surface area contributed by atoms with Crippen molar-refractivity contribution in [2.75, 3.05) is 30.3 Å². The number of phenolic OH excluding ortho intramolecular Hbond substituents is 2. The van der Waals surface area contributed by atoms with Crippen molar-refractivity contribution in [2.45, 2.75) is 46.1 Å². The van der Waals surface area contributed by atoms with Crippen LogP contribution in [0.3, 0.4) is 0 Å². The van der Waals surface area contributed by atoms with Crippen LogP contribution in [0.4, 0.5) is 5.69 Å². The number of anilines is 1. The topological polar surface area (TPSA) is 124 Å². The van der Waals surface area contributed by atoms with E-state index in [0.717, 1.165) is 38.0 Å². The van der Waals surface area contributed by atoms with Crippen LogP contribution in [0.5, 0.6) is 11.5 Å². The number of piperidine rings is 1. The molecule has 0 spiro atoms. The average Bonchev–Trinajstić information content (AvgIpc) is 2.83. The van der Waals surface area contributed by atoms with Gasteiger partial charge in [0.15, 0.2) is 0 Å². The third kappa shape index (κ3) is 6.59. The van der Waals surface area contributed by atoms with Crippen molar-refractivity contribution < 1.29 is 15.0 Å². The molecule has 1 saturated heterocycles. The summed E-state index contributed by atoms with van der Waals surface area (Å²) in [4.78, 5) is 16.0. The zero-order valence-electron chi connectivity index (χ0n) is 21.2. The van der Waals surface area contributed by atoms with Crippen molar-refractivity contribution in [2.24, 2.45) is 5.92 Å². The van der Waals surface area contributed by atoms with Crippen molar-refractivity contribution in [3.05, 3.63) is 53.1 Å². The predicted octanol–water partition coefficient (Wildman–Crippen LogP) is 4.31. The number of phenols is 2. The second-order valence-electron chi connectivity index (χ2n) is 9.58. The fraction of sp³-hybridized carbons (Fsp3) is 0.444. The minimum absolute atomic E-state index is 0.0103. The first-order chi connectivity index (χ1) is 17.1. The lowest BCUT2D eigenvalue weighted by Gasteiger charge is -2.31. The number of hydrogen-bond acceptors (Lipinski definition) is 7. The molecule has 0 unspecified atom stereocenters. The Bertz CT molecular complexity index is 1100. The second kappa shape index (κ2) is 12.3. The van der Waals surface area contributed by atoms with Gasteiger partial charge in [0.25, 0.3) is 0 Å². The second-order valence-corrected chi connectivity index (χ2v) is 10.0. The molecule has 0 radical (unpaired) electrons. The van der Waals surface area contributed by atoms with Gasteiger partial charge in [-0.1, -0.05) is 26.0 Å². The van der Waals surface area contributed by atoms with Crippen molar-refractivity contribution >= 4 is 35.9 Å². The Morgan fingerprint density at radius 1 is 1.14 bits per heavy atom. The standard InChI is InChI=1S/C27H37N5O3S/c1-17(2)22-14-23(25(34)15-24(22)33)26(29)32(18(3)28)21-6-4-19(5-7-21)16-31-11-8-20(9-12-31)27(35)30-10-13-36/h4-7,14-15,17,20,28-29,33-34,36H,8-13,16H2,1-3H3,(H,30,35). The quantitative estimate of drug-likeness (QED) is 0.179. The van der Waals surface area contributed by atoms with Crippen molar-refractivity contribution in [3.8, 4) is 11.5 Å². The molecule has 3 rings (SSSR count). The van der Waals surface area contributed by atoms with Crippen LogP contribution in [0.25, 0.3) is 0 Å². The van der Waals surface area contributed by atoms with E-state index in [0.29, 0.717) is 23.5 Å². The Balaban J connectivity index is 1.69. The minimum atomic E-state index is -0.201. The maximum atomic E-state index is 12.2. The molecular formula is C27H37N5O3S. The average molecular weight is 512 g/mol. The summed E-state index contributed by atoms with van der Waals surface area (Å²) < 4.78 is 0. The van der Waals surface area contributed by atoms with Gasteiger partial charge in [-0.25, -0.2) is 0 Å². The van der Waals surface area contributed by atoms with Crippen LogP contribution in [0, 0.1) is 16.7 Å². The third-order valence-corrected chi connectivity index (χ3v) is 6.77. The lowest BCUT2D eigenvalue weighted by molar-refractivity contribution is -0.126.